The molecule has 0 saturated carbocycles. The number of ether oxygens (including phenoxy) is 2. The van der Waals surface area contributed by atoms with Gasteiger partial charge in [0.25, 0.3) is 5.91 Å². The minimum Gasteiger partial charge on any atom is -0.436 e. The van der Waals surface area contributed by atoms with Gasteiger partial charge in [-0.1, -0.05) is 62.4 Å². The molecule has 3 aromatic heterocycles. The molecule has 5 heterocycles. The molecule has 0 aliphatic carbocycles. The van der Waals surface area contributed by atoms with Crippen molar-refractivity contribution in [2.45, 2.75) is 76.6 Å². The van der Waals surface area contributed by atoms with Gasteiger partial charge in [-0.15, -0.1) is 0 Å². The lowest BCUT2D eigenvalue weighted by Crippen LogP contribution is -2.48. The summed E-state index contributed by atoms with van der Waals surface area (Å²) in [5.41, 5.74) is 11.8. The van der Waals surface area contributed by atoms with Gasteiger partial charge < -0.3 is 35.0 Å². The van der Waals surface area contributed by atoms with E-state index in [1.165, 1.54) is 0 Å². The van der Waals surface area contributed by atoms with Gasteiger partial charge in [0.15, 0.2) is 6.10 Å². The molecule has 0 bridgehead atoms. The van der Waals surface area contributed by atoms with E-state index in [-0.39, 0.29) is 36.5 Å². The Morgan fingerprint density at radius 3 is 1.86 bits per heavy atom. The Balaban J connectivity index is 0.996. The van der Waals surface area contributed by atoms with E-state index in [9.17, 15) is 14.4 Å². The molecule has 5 aromatic rings. The Hall–Kier alpha value is -5.87. The first-order valence-electron chi connectivity index (χ1n) is 19.2. The highest BCUT2D eigenvalue weighted by molar-refractivity contribution is 5.84. The van der Waals surface area contributed by atoms with Crippen molar-refractivity contribution in [2.24, 2.45) is 11.7 Å². The molecule has 56 heavy (non-hydrogen) atoms. The summed E-state index contributed by atoms with van der Waals surface area (Å²) < 4.78 is 10.5. The highest BCUT2D eigenvalue weighted by Gasteiger charge is 2.39. The van der Waals surface area contributed by atoms with Crippen molar-refractivity contribution in [3.63, 3.8) is 0 Å². The fraction of sp³-hybridized carbons (Fsp3) is 0.425. The molecule has 2 saturated heterocycles. The maximum Gasteiger partial charge on any atom is 0.405 e. The summed E-state index contributed by atoms with van der Waals surface area (Å²) in [6.45, 7) is 5.28. The molecule has 3 amide bonds. The van der Waals surface area contributed by atoms with Gasteiger partial charge in [0.2, 0.25) is 5.91 Å². The molecular weight excluding hydrogens is 715 g/mol. The van der Waals surface area contributed by atoms with Crippen LogP contribution in [0.25, 0.3) is 33.6 Å². The Morgan fingerprint density at radius 1 is 0.839 bits per heavy atom. The lowest BCUT2D eigenvalue weighted by Gasteiger charge is -2.29. The number of hydrogen-bond donors (Lipinski definition) is 5. The minimum atomic E-state index is -0.949. The van der Waals surface area contributed by atoms with E-state index in [2.05, 4.69) is 84.2 Å². The summed E-state index contributed by atoms with van der Waals surface area (Å²) in [5, 5.41) is 13.8. The second kappa shape index (κ2) is 17.3. The molecule has 6 N–H and O–H groups in total. The largest absolute Gasteiger partial charge is 0.436 e. The van der Waals surface area contributed by atoms with Crippen LogP contribution in [0.2, 0.25) is 0 Å². The molecule has 294 valence electrons. The Labute approximate surface area is 325 Å². The number of benzene rings is 2. The van der Waals surface area contributed by atoms with Gasteiger partial charge in [0.05, 0.1) is 60.5 Å². The van der Waals surface area contributed by atoms with Crippen LogP contribution in [-0.4, -0.2) is 102 Å². The normalized spacial score (nSPS) is 18.6. The third-order valence-corrected chi connectivity index (χ3v) is 10.9. The average molecular weight is 764 g/mol. The maximum absolute atomic E-state index is 13.8. The van der Waals surface area contributed by atoms with Crippen LogP contribution < -0.4 is 11.1 Å². The predicted molar refractivity (Wildman–Crippen MR) is 207 cm³/mol. The Kier molecular flexibility index (Phi) is 11.9. The van der Waals surface area contributed by atoms with Crippen molar-refractivity contribution in [3.05, 3.63) is 84.5 Å². The predicted octanol–water partition coefficient (Wildman–Crippen LogP) is 4.89. The van der Waals surface area contributed by atoms with Crippen LogP contribution in [-0.2, 0) is 25.5 Å². The van der Waals surface area contributed by atoms with E-state index >= 15 is 0 Å². The van der Waals surface area contributed by atoms with Crippen LogP contribution in [0, 0.1) is 5.92 Å². The topological polar surface area (TPSA) is 213 Å². The van der Waals surface area contributed by atoms with E-state index in [1.54, 1.807) is 24.4 Å². The molecule has 2 unspecified atom stereocenters. The second-order valence-corrected chi connectivity index (χ2v) is 14.5. The standard InChI is InChI=1S/C40H49N11O5/c1-4-24(2)35(56-40(41)54)39(53)51-18-6-8-34(51)37-43-22-32(47-37)28-15-11-26(12-16-28)25-9-13-27(14-10-25)31-21-42-36(46-31)33-7-5-17-50(33)38(52)30(44-23-55-3)19-29-20-45-49-48-29/h9-16,20-22,24,30,33-35,44H,4-8,17-19,23H2,1-3H3,(H2,41,54)(H,42,46)(H,43,47)(H,45,48,49)/t24?,30-,33?,34-,35-/m0/s1. The summed E-state index contributed by atoms with van der Waals surface area (Å²) in [7, 11) is 1.59. The molecular formula is C40H49N11O5. The summed E-state index contributed by atoms with van der Waals surface area (Å²) >= 11 is 0. The number of rotatable bonds is 15. The van der Waals surface area contributed by atoms with Gasteiger partial charge in [-0.25, -0.2) is 14.8 Å². The summed E-state index contributed by atoms with van der Waals surface area (Å²) in [6, 6.07) is 15.6. The first-order chi connectivity index (χ1) is 27.2. The fourth-order valence-electron chi connectivity index (χ4n) is 7.70. The van der Waals surface area contributed by atoms with Crippen molar-refractivity contribution in [2.75, 3.05) is 26.9 Å². The lowest BCUT2D eigenvalue weighted by atomic mass is 10.00. The number of nitrogens with one attached hydrogen (secondary N) is 4. The summed E-state index contributed by atoms with van der Waals surface area (Å²) in [6.07, 6.45) is 7.72. The number of methoxy groups -OCH3 is 1. The smallest absolute Gasteiger partial charge is 0.405 e. The molecule has 2 fully saturated rings. The number of nitrogens with two attached hydrogens (primary N) is 1. The Bertz CT molecular complexity index is 2080. The number of imidazole rings is 2. The van der Waals surface area contributed by atoms with Crippen LogP contribution in [0.3, 0.4) is 0 Å². The molecule has 0 radical (unpaired) electrons. The second-order valence-electron chi connectivity index (χ2n) is 14.5. The van der Waals surface area contributed by atoms with Crippen molar-refractivity contribution in [1.29, 1.82) is 0 Å². The number of primary amides is 1. The Morgan fingerprint density at radius 2 is 1.38 bits per heavy atom. The molecule has 0 spiro atoms. The van der Waals surface area contributed by atoms with E-state index < -0.39 is 18.2 Å². The van der Waals surface area contributed by atoms with Gasteiger partial charge in [-0.2, -0.15) is 15.4 Å². The van der Waals surface area contributed by atoms with Crippen molar-refractivity contribution < 1.29 is 23.9 Å². The number of aromatic amines is 3. The maximum atomic E-state index is 13.8. The number of aromatic nitrogens is 7. The van der Waals surface area contributed by atoms with Crippen LogP contribution in [0.5, 0.6) is 0 Å². The third-order valence-electron chi connectivity index (χ3n) is 10.9. The zero-order valence-electron chi connectivity index (χ0n) is 31.9. The molecule has 5 atom stereocenters. The van der Waals surface area contributed by atoms with Crippen LogP contribution in [0.1, 0.15) is 75.4 Å². The van der Waals surface area contributed by atoms with Crippen LogP contribution in [0.15, 0.2) is 67.1 Å². The van der Waals surface area contributed by atoms with Gasteiger partial charge in [-0.3, -0.25) is 14.9 Å². The number of carbonyl (C=O) groups excluding carboxylic acids is 3. The van der Waals surface area contributed by atoms with Crippen LogP contribution in [0.4, 0.5) is 4.79 Å². The van der Waals surface area contributed by atoms with Crippen molar-refractivity contribution >= 4 is 17.9 Å². The highest BCUT2D eigenvalue weighted by Crippen LogP contribution is 2.35. The zero-order valence-corrected chi connectivity index (χ0v) is 31.9. The SMILES string of the molecule is CCC(C)[C@H](OC(N)=O)C(=O)N1CCC[C@H]1c1ncc(-c2ccc(-c3ccc(-c4cnc(C5CCCN5C(=O)[C@H](Cc5cn[nH]n5)NCOC)[nH]4)cc3)cc2)[nH]1. The summed E-state index contributed by atoms with van der Waals surface area (Å²) in [5.74, 6) is 1.04. The number of carbonyl (C=O) groups is 3. The summed E-state index contributed by atoms with van der Waals surface area (Å²) in [4.78, 5) is 58.8. The minimum absolute atomic E-state index is 0.0229. The quantitative estimate of drug-likeness (QED) is 0.0911. The van der Waals surface area contributed by atoms with Gasteiger partial charge in [0, 0.05) is 32.5 Å². The highest BCUT2D eigenvalue weighted by atomic mass is 16.6. The number of amides is 3. The lowest BCUT2D eigenvalue weighted by molar-refractivity contribution is -0.144. The molecule has 7 rings (SSSR count). The van der Waals surface area contributed by atoms with E-state index in [0.717, 1.165) is 65.1 Å². The monoisotopic (exact) mass is 763 g/mol. The first kappa shape index (κ1) is 38.4. The van der Waals surface area contributed by atoms with Crippen LogP contribution >= 0.6 is 0 Å². The van der Waals surface area contributed by atoms with Gasteiger partial charge >= 0.3 is 6.09 Å². The fourth-order valence-corrected chi connectivity index (χ4v) is 7.70. The van der Waals surface area contributed by atoms with Crippen molar-refractivity contribution in [3.8, 4) is 33.6 Å². The van der Waals surface area contributed by atoms with E-state index in [1.807, 2.05) is 24.9 Å². The third kappa shape index (κ3) is 8.35. The molecule has 2 aliphatic rings. The first-order valence-corrected chi connectivity index (χ1v) is 19.2. The molecule has 16 heteroatoms. The van der Waals surface area contributed by atoms with E-state index in [0.29, 0.717) is 37.4 Å². The number of H-pyrrole nitrogens is 3. The molecule has 2 aromatic carbocycles. The number of hydrogen-bond acceptors (Lipinski definition) is 10. The molecule has 16 nitrogen and oxygen atoms in total. The zero-order chi connectivity index (χ0) is 39.2. The average Bonchev–Trinajstić information content (AvgIpc) is 4.07. The van der Waals surface area contributed by atoms with Gasteiger partial charge in [-0.05, 0) is 54.4 Å². The van der Waals surface area contributed by atoms with Gasteiger partial charge in [0.1, 0.15) is 11.6 Å². The van der Waals surface area contributed by atoms with Crippen molar-refractivity contribution in [1.82, 2.24) is 50.5 Å². The molecule has 2 aliphatic heterocycles. The number of nitrogens with zero attached hydrogens (tertiary/aromatic N) is 6. The number of likely N-dealkylation sites (tertiary alicyclic amines) is 2. The van der Waals surface area contributed by atoms with E-state index in [4.69, 9.17) is 20.2 Å².